The monoisotopic (exact) mass is 713 g/mol. The molecule has 0 saturated carbocycles. The molecule has 1 unspecified atom stereocenters. The fourth-order valence-electron chi connectivity index (χ4n) is 7.75. The second-order valence-electron chi connectivity index (χ2n) is 14.8. The molecule has 0 aliphatic carbocycles. The van der Waals surface area contributed by atoms with Gasteiger partial charge in [-0.1, -0.05) is 23.7 Å². The van der Waals surface area contributed by atoms with Crippen molar-refractivity contribution in [3.63, 3.8) is 0 Å². The highest BCUT2D eigenvalue weighted by Gasteiger charge is 2.34. The Balaban J connectivity index is 1.26. The Bertz CT molecular complexity index is 2090. The minimum absolute atomic E-state index is 0.169. The number of rotatable bonds is 7. The average molecular weight is 714 g/mol. The van der Waals surface area contributed by atoms with E-state index in [1.165, 1.54) is 0 Å². The van der Waals surface area contributed by atoms with E-state index >= 15 is 0 Å². The summed E-state index contributed by atoms with van der Waals surface area (Å²) >= 11 is 7.86. The van der Waals surface area contributed by atoms with Crippen LogP contribution in [0.5, 0.6) is 0 Å². The van der Waals surface area contributed by atoms with Gasteiger partial charge in [-0.2, -0.15) is 5.10 Å². The van der Waals surface area contributed by atoms with Crippen molar-refractivity contribution < 1.29 is 19.4 Å². The highest BCUT2D eigenvalue weighted by atomic mass is 35.5. The van der Waals surface area contributed by atoms with Gasteiger partial charge in [0.05, 0.1) is 27.0 Å². The molecule has 4 heterocycles. The highest BCUT2D eigenvalue weighted by molar-refractivity contribution is 7.22. The molecule has 2 atom stereocenters. The summed E-state index contributed by atoms with van der Waals surface area (Å²) in [6.45, 7) is 12.9. The fourth-order valence-corrected chi connectivity index (χ4v) is 9.00. The normalized spacial score (nSPS) is 18.4. The van der Waals surface area contributed by atoms with Crippen LogP contribution in [-0.2, 0) is 21.4 Å². The number of amides is 1. The number of halogens is 1. The first-order valence-corrected chi connectivity index (χ1v) is 18.5. The Morgan fingerprint density at radius 2 is 1.72 bits per heavy atom. The average Bonchev–Trinajstić information content (AvgIpc) is 3.81. The molecule has 2 saturated heterocycles. The van der Waals surface area contributed by atoms with Crippen molar-refractivity contribution in [2.24, 2.45) is 7.05 Å². The SMILES string of the molecule is CC(=O)N1CC[C@@H](N2CCC(c3nn(C)c4ccc(-c5nc6cc(C)c(C(OC(C)(C)C)C(=O)O)c(-c7ccc(Cl)cc7)c6s5)cc34)CC2)C1. The molecule has 50 heavy (non-hydrogen) atoms. The molecular weight excluding hydrogens is 670 g/mol. The van der Waals surface area contributed by atoms with E-state index in [0.29, 0.717) is 22.5 Å². The van der Waals surface area contributed by atoms with E-state index < -0.39 is 17.7 Å². The quantitative estimate of drug-likeness (QED) is 0.181. The number of carboxylic acids is 1. The number of ether oxygens (including phenoxy) is 1. The number of likely N-dealkylation sites (tertiary alicyclic amines) is 2. The van der Waals surface area contributed by atoms with Crippen molar-refractivity contribution >= 4 is 55.9 Å². The second kappa shape index (κ2) is 13.4. The number of carbonyl (C=O) groups excluding carboxylic acids is 1. The molecule has 9 nitrogen and oxygen atoms in total. The molecule has 1 N–H and O–H groups in total. The summed E-state index contributed by atoms with van der Waals surface area (Å²) in [4.78, 5) is 34.3. The summed E-state index contributed by atoms with van der Waals surface area (Å²) < 4.78 is 9.08. The zero-order valence-corrected chi connectivity index (χ0v) is 31.1. The van der Waals surface area contributed by atoms with Crippen LogP contribution in [0.25, 0.3) is 42.8 Å². The van der Waals surface area contributed by atoms with Gasteiger partial charge in [0, 0.05) is 66.1 Å². The summed E-state index contributed by atoms with van der Waals surface area (Å²) in [5, 5.41) is 18.1. The maximum absolute atomic E-state index is 12.8. The molecule has 5 aromatic rings. The summed E-state index contributed by atoms with van der Waals surface area (Å²) in [5.74, 6) is -0.519. The third kappa shape index (κ3) is 6.66. The van der Waals surface area contributed by atoms with Crippen LogP contribution >= 0.6 is 22.9 Å². The maximum atomic E-state index is 12.8. The molecule has 0 radical (unpaired) electrons. The van der Waals surface area contributed by atoms with Gasteiger partial charge in [0.15, 0.2) is 6.10 Å². The van der Waals surface area contributed by atoms with Gasteiger partial charge in [-0.3, -0.25) is 14.4 Å². The molecule has 2 fully saturated rings. The number of aromatic nitrogens is 3. The van der Waals surface area contributed by atoms with E-state index in [9.17, 15) is 14.7 Å². The van der Waals surface area contributed by atoms with E-state index in [0.717, 1.165) is 99.5 Å². The lowest BCUT2D eigenvalue weighted by molar-refractivity contribution is -0.160. The topological polar surface area (TPSA) is 101 Å². The highest BCUT2D eigenvalue weighted by Crippen LogP contribution is 2.45. The summed E-state index contributed by atoms with van der Waals surface area (Å²) in [6.07, 6.45) is 1.94. The number of carbonyl (C=O) groups is 2. The third-order valence-electron chi connectivity index (χ3n) is 10.2. The van der Waals surface area contributed by atoms with Gasteiger partial charge in [-0.25, -0.2) is 9.78 Å². The van der Waals surface area contributed by atoms with E-state index in [-0.39, 0.29) is 5.91 Å². The Hall–Kier alpha value is -3.83. The van der Waals surface area contributed by atoms with E-state index in [2.05, 4.69) is 23.1 Å². The van der Waals surface area contributed by atoms with Gasteiger partial charge in [0.25, 0.3) is 0 Å². The number of aryl methyl sites for hydroxylation is 2. The lowest BCUT2D eigenvalue weighted by Crippen LogP contribution is -2.43. The minimum atomic E-state index is -1.17. The van der Waals surface area contributed by atoms with Crippen LogP contribution in [0.2, 0.25) is 5.02 Å². The van der Waals surface area contributed by atoms with E-state index in [1.54, 1.807) is 18.3 Å². The van der Waals surface area contributed by atoms with Gasteiger partial charge in [-0.15, -0.1) is 11.3 Å². The molecule has 2 aromatic heterocycles. The van der Waals surface area contributed by atoms with Crippen LogP contribution in [-0.4, -0.2) is 79.4 Å². The number of hydrogen-bond donors (Lipinski definition) is 1. The van der Waals surface area contributed by atoms with Gasteiger partial charge < -0.3 is 14.7 Å². The van der Waals surface area contributed by atoms with Crippen LogP contribution in [0.3, 0.4) is 0 Å². The first-order valence-electron chi connectivity index (χ1n) is 17.3. The second-order valence-corrected chi connectivity index (χ2v) is 16.2. The summed E-state index contributed by atoms with van der Waals surface area (Å²) in [7, 11) is 2.01. The van der Waals surface area contributed by atoms with Gasteiger partial charge in [0.2, 0.25) is 5.91 Å². The lowest BCUT2D eigenvalue weighted by Gasteiger charge is -2.35. The van der Waals surface area contributed by atoms with Crippen LogP contribution in [0.15, 0.2) is 48.5 Å². The van der Waals surface area contributed by atoms with Crippen molar-refractivity contribution in [3.05, 3.63) is 70.4 Å². The number of nitrogens with zero attached hydrogens (tertiary/aromatic N) is 5. The van der Waals surface area contributed by atoms with Gasteiger partial charge >= 0.3 is 5.97 Å². The van der Waals surface area contributed by atoms with E-state index in [4.69, 9.17) is 26.4 Å². The van der Waals surface area contributed by atoms with Crippen LogP contribution in [0, 0.1) is 6.92 Å². The Morgan fingerprint density at radius 3 is 2.36 bits per heavy atom. The molecule has 1 amide bonds. The first-order chi connectivity index (χ1) is 23.8. The lowest BCUT2D eigenvalue weighted by atomic mass is 9.90. The molecule has 2 aliphatic heterocycles. The first kappa shape index (κ1) is 34.6. The van der Waals surface area contributed by atoms with Crippen molar-refractivity contribution in [2.45, 2.75) is 77.5 Å². The van der Waals surface area contributed by atoms with Crippen molar-refractivity contribution in [1.82, 2.24) is 24.6 Å². The maximum Gasteiger partial charge on any atom is 0.337 e. The summed E-state index contributed by atoms with van der Waals surface area (Å²) in [6, 6.07) is 16.4. The molecule has 2 aliphatic rings. The smallest absolute Gasteiger partial charge is 0.337 e. The largest absolute Gasteiger partial charge is 0.479 e. The zero-order chi connectivity index (χ0) is 35.5. The number of piperidine rings is 1. The number of fused-ring (bicyclic) bond motifs is 2. The predicted molar refractivity (Wildman–Crippen MR) is 200 cm³/mol. The molecule has 3 aromatic carbocycles. The Kier molecular flexibility index (Phi) is 9.26. The van der Waals surface area contributed by atoms with Crippen LogP contribution < -0.4 is 0 Å². The summed E-state index contributed by atoms with van der Waals surface area (Å²) in [5.41, 5.74) is 6.45. The Labute approximate surface area is 301 Å². The van der Waals surface area contributed by atoms with Crippen molar-refractivity contribution in [1.29, 1.82) is 0 Å². The van der Waals surface area contributed by atoms with E-state index in [1.807, 2.05) is 74.7 Å². The van der Waals surface area contributed by atoms with Gasteiger partial charge in [0.1, 0.15) is 5.01 Å². The predicted octanol–water partition coefficient (Wildman–Crippen LogP) is 8.22. The van der Waals surface area contributed by atoms with Gasteiger partial charge in [-0.05, 0) is 108 Å². The van der Waals surface area contributed by atoms with Crippen LogP contribution in [0.4, 0.5) is 0 Å². The van der Waals surface area contributed by atoms with Crippen molar-refractivity contribution in [2.75, 3.05) is 26.2 Å². The standard InChI is InChI=1S/C39H44ClN5O4S/c1-22-19-30-36(33(24-7-10-27(40)11-8-24)32(22)35(38(47)48)49-39(3,4)5)50-37(41-30)26-9-12-31-29(20-26)34(42-43(31)6)25-13-16-44(17-14-25)28-15-18-45(21-28)23(2)46/h7-12,19-20,25,28,35H,13-18,21H2,1-6H3,(H,47,48)/t28-,35?/m1/s1. The minimum Gasteiger partial charge on any atom is -0.479 e. The third-order valence-corrected chi connectivity index (χ3v) is 11.6. The molecule has 262 valence electrons. The molecule has 0 spiro atoms. The Morgan fingerprint density at radius 1 is 1.02 bits per heavy atom. The number of carboxylic acid groups (broad SMARTS) is 1. The number of benzene rings is 3. The molecule has 7 rings (SSSR count). The zero-order valence-electron chi connectivity index (χ0n) is 29.5. The molecule has 11 heteroatoms. The molecular formula is C39H44ClN5O4S. The van der Waals surface area contributed by atoms with Crippen molar-refractivity contribution in [3.8, 4) is 21.7 Å². The number of aliphatic carboxylic acids is 1. The fraction of sp³-hybridized carbons (Fsp3) is 0.436. The number of hydrogen-bond acceptors (Lipinski definition) is 7. The molecule has 0 bridgehead atoms. The number of thiazole rings is 1. The van der Waals surface area contributed by atoms with Crippen LogP contribution in [0.1, 0.15) is 75.8 Å².